The fraction of sp³-hybridized carbons (Fsp3) is 0.545. The fourth-order valence-electron chi connectivity index (χ4n) is 4.38. The van der Waals surface area contributed by atoms with Crippen molar-refractivity contribution < 1.29 is 9.90 Å². The van der Waals surface area contributed by atoms with E-state index in [4.69, 9.17) is 0 Å². The lowest BCUT2D eigenvalue weighted by Crippen LogP contribution is -2.48. The smallest absolute Gasteiger partial charge is 0.223 e. The van der Waals surface area contributed by atoms with E-state index in [1.54, 1.807) is 0 Å². The molecular weight excluding hydrogens is 388 g/mol. The molecule has 1 aromatic heterocycles. The number of hydrogen-bond acceptors (Lipinski definition) is 4. The number of aliphatic hydroxyl groups excluding tert-OH is 1. The van der Waals surface area contributed by atoms with Gasteiger partial charge < -0.3 is 15.3 Å². The van der Waals surface area contributed by atoms with Crippen molar-refractivity contribution in [3.8, 4) is 0 Å². The number of aryl methyl sites for hydroxylation is 1. The van der Waals surface area contributed by atoms with E-state index in [0.717, 1.165) is 56.6 Å². The van der Waals surface area contributed by atoms with Crippen LogP contribution in [0.2, 0.25) is 0 Å². The van der Waals surface area contributed by atoms with Gasteiger partial charge in [0.15, 0.2) is 0 Å². The van der Waals surface area contributed by atoms with Gasteiger partial charge in [0.05, 0.1) is 30.1 Å². The van der Waals surface area contributed by atoms with Crippen molar-refractivity contribution in [2.45, 2.75) is 70.3 Å². The first-order valence-corrected chi connectivity index (χ1v) is 10.5. The van der Waals surface area contributed by atoms with Crippen LogP contribution in [0.1, 0.15) is 49.1 Å². The van der Waals surface area contributed by atoms with Crippen LogP contribution in [0, 0.1) is 0 Å². The molecule has 1 fully saturated rings. The van der Waals surface area contributed by atoms with E-state index in [1.807, 2.05) is 39.9 Å². The molecule has 0 unspecified atom stereocenters. The first kappa shape index (κ1) is 21.8. The minimum Gasteiger partial charge on any atom is -0.391 e. The Kier molecular flexibility index (Phi) is 7.70. The quantitative estimate of drug-likeness (QED) is 0.756. The number of aliphatic hydroxyl groups is 1. The zero-order valence-electron chi connectivity index (χ0n) is 16.8. The van der Waals surface area contributed by atoms with E-state index in [9.17, 15) is 9.90 Å². The average molecular weight is 419 g/mol. The van der Waals surface area contributed by atoms with Gasteiger partial charge >= 0.3 is 0 Å². The largest absolute Gasteiger partial charge is 0.391 e. The van der Waals surface area contributed by atoms with Crippen molar-refractivity contribution in [2.75, 3.05) is 6.54 Å². The van der Waals surface area contributed by atoms with Gasteiger partial charge in [0.25, 0.3) is 0 Å². The van der Waals surface area contributed by atoms with Crippen LogP contribution in [0.3, 0.4) is 0 Å². The number of fused-ring (bicyclic) bond motifs is 1. The normalized spacial score (nSPS) is 21.1. The van der Waals surface area contributed by atoms with Gasteiger partial charge in [0.2, 0.25) is 5.91 Å². The summed E-state index contributed by atoms with van der Waals surface area (Å²) in [6.45, 7) is 3.23. The fourth-order valence-corrected chi connectivity index (χ4v) is 4.38. The molecule has 0 spiro atoms. The maximum absolute atomic E-state index is 13.2. The van der Waals surface area contributed by atoms with Gasteiger partial charge in [-0.15, -0.1) is 12.4 Å². The lowest BCUT2D eigenvalue weighted by molar-refractivity contribution is -0.138. The Balaban J connectivity index is 0.00000240. The van der Waals surface area contributed by atoms with E-state index < -0.39 is 6.10 Å². The Bertz CT molecular complexity index is 772. The van der Waals surface area contributed by atoms with Crippen LogP contribution in [0.15, 0.2) is 36.4 Å². The SMILES string of the molecule is Cl.O=C(CCc1cc2n(n1)CCNC2)N(Cc1ccccc1)[C@@H]1CCCC[C@H]1O. The van der Waals surface area contributed by atoms with Crippen molar-refractivity contribution in [1.29, 1.82) is 0 Å². The summed E-state index contributed by atoms with van der Waals surface area (Å²) in [5.41, 5.74) is 3.28. The molecule has 6 nitrogen and oxygen atoms in total. The Labute approximate surface area is 178 Å². The molecule has 2 N–H and O–H groups in total. The average Bonchev–Trinajstić information content (AvgIpc) is 3.15. The monoisotopic (exact) mass is 418 g/mol. The molecule has 2 atom stereocenters. The summed E-state index contributed by atoms with van der Waals surface area (Å²) in [6.07, 6.45) is 4.42. The lowest BCUT2D eigenvalue weighted by Gasteiger charge is -2.38. The standard InChI is InChI=1S/C22H30N4O2.ClH/c27-21-9-5-4-8-20(21)25(16-17-6-2-1-3-7-17)22(28)11-10-18-14-19-15-23-12-13-26(19)24-18;/h1-3,6-7,14,20-21,23,27H,4-5,8-13,15-16H2;1H/t20-,21-;/m1./s1. The molecule has 4 rings (SSSR count). The molecule has 2 aliphatic rings. The first-order valence-electron chi connectivity index (χ1n) is 10.5. The zero-order valence-corrected chi connectivity index (χ0v) is 17.6. The third-order valence-electron chi connectivity index (χ3n) is 5.93. The summed E-state index contributed by atoms with van der Waals surface area (Å²) < 4.78 is 2.04. The molecule has 7 heteroatoms. The number of halogens is 1. The van der Waals surface area contributed by atoms with Crippen LogP contribution in [0.25, 0.3) is 0 Å². The van der Waals surface area contributed by atoms with Crippen LogP contribution in [-0.2, 0) is 30.8 Å². The Morgan fingerprint density at radius 2 is 2.03 bits per heavy atom. The number of nitrogens with one attached hydrogen (secondary N) is 1. The van der Waals surface area contributed by atoms with Crippen LogP contribution in [-0.4, -0.2) is 44.4 Å². The van der Waals surface area contributed by atoms with E-state index in [-0.39, 0.29) is 24.4 Å². The summed E-state index contributed by atoms with van der Waals surface area (Å²) >= 11 is 0. The van der Waals surface area contributed by atoms with E-state index in [1.165, 1.54) is 5.69 Å². The number of rotatable bonds is 6. The molecule has 1 aliphatic heterocycles. The molecule has 1 aliphatic carbocycles. The molecule has 1 aromatic carbocycles. The van der Waals surface area contributed by atoms with Gasteiger partial charge in [0, 0.05) is 32.5 Å². The molecule has 0 bridgehead atoms. The number of nitrogens with zero attached hydrogens (tertiary/aromatic N) is 3. The van der Waals surface area contributed by atoms with Gasteiger partial charge in [-0.2, -0.15) is 5.10 Å². The summed E-state index contributed by atoms with van der Waals surface area (Å²) in [6, 6.07) is 12.1. The predicted molar refractivity (Wildman–Crippen MR) is 115 cm³/mol. The van der Waals surface area contributed by atoms with Gasteiger partial charge in [-0.05, 0) is 24.5 Å². The van der Waals surface area contributed by atoms with E-state index in [0.29, 0.717) is 19.4 Å². The minimum absolute atomic E-state index is 0. The summed E-state index contributed by atoms with van der Waals surface area (Å²) in [5.74, 6) is 0.110. The van der Waals surface area contributed by atoms with Crippen LogP contribution < -0.4 is 5.32 Å². The second kappa shape index (κ2) is 10.2. The minimum atomic E-state index is -0.424. The number of carbonyl (C=O) groups is 1. The number of hydrogen-bond donors (Lipinski definition) is 2. The summed E-state index contributed by atoms with van der Waals surface area (Å²) in [7, 11) is 0. The van der Waals surface area contributed by atoms with Crippen molar-refractivity contribution >= 4 is 18.3 Å². The molecule has 29 heavy (non-hydrogen) atoms. The highest BCUT2D eigenvalue weighted by molar-refractivity contribution is 5.85. The second-order valence-corrected chi connectivity index (χ2v) is 7.95. The molecule has 0 radical (unpaired) electrons. The molecule has 1 saturated carbocycles. The maximum atomic E-state index is 13.2. The molecule has 1 amide bonds. The molecule has 2 aromatic rings. The highest BCUT2D eigenvalue weighted by Gasteiger charge is 2.31. The summed E-state index contributed by atoms with van der Waals surface area (Å²) in [5, 5.41) is 18.5. The molecule has 158 valence electrons. The third kappa shape index (κ3) is 5.38. The molecule has 0 saturated heterocycles. The van der Waals surface area contributed by atoms with Crippen LogP contribution in [0.4, 0.5) is 0 Å². The Hall–Kier alpha value is -1.89. The maximum Gasteiger partial charge on any atom is 0.223 e. The number of benzene rings is 1. The van der Waals surface area contributed by atoms with E-state index in [2.05, 4.69) is 16.5 Å². The number of carbonyl (C=O) groups excluding carboxylic acids is 1. The van der Waals surface area contributed by atoms with Crippen molar-refractivity contribution in [2.24, 2.45) is 0 Å². The van der Waals surface area contributed by atoms with Crippen molar-refractivity contribution in [1.82, 2.24) is 20.0 Å². The lowest BCUT2D eigenvalue weighted by atomic mass is 9.90. The topological polar surface area (TPSA) is 70.4 Å². The third-order valence-corrected chi connectivity index (χ3v) is 5.93. The highest BCUT2D eigenvalue weighted by Crippen LogP contribution is 2.26. The molecular formula is C22H31ClN4O2. The number of amides is 1. The first-order chi connectivity index (χ1) is 13.7. The van der Waals surface area contributed by atoms with Gasteiger partial charge in [-0.3, -0.25) is 9.48 Å². The second-order valence-electron chi connectivity index (χ2n) is 7.95. The summed E-state index contributed by atoms with van der Waals surface area (Å²) in [4.78, 5) is 15.1. The van der Waals surface area contributed by atoms with Crippen LogP contribution in [0.5, 0.6) is 0 Å². The Morgan fingerprint density at radius 3 is 2.79 bits per heavy atom. The Morgan fingerprint density at radius 1 is 1.24 bits per heavy atom. The van der Waals surface area contributed by atoms with Crippen molar-refractivity contribution in [3.05, 3.63) is 53.3 Å². The van der Waals surface area contributed by atoms with Gasteiger partial charge in [0.1, 0.15) is 0 Å². The number of aromatic nitrogens is 2. The van der Waals surface area contributed by atoms with Gasteiger partial charge in [-0.1, -0.05) is 43.2 Å². The van der Waals surface area contributed by atoms with Gasteiger partial charge in [-0.25, -0.2) is 0 Å². The molecule has 2 heterocycles. The van der Waals surface area contributed by atoms with Crippen molar-refractivity contribution in [3.63, 3.8) is 0 Å². The highest BCUT2D eigenvalue weighted by atomic mass is 35.5. The predicted octanol–water partition coefficient (Wildman–Crippen LogP) is 2.67. The zero-order chi connectivity index (χ0) is 19.3. The van der Waals surface area contributed by atoms with E-state index >= 15 is 0 Å². The van der Waals surface area contributed by atoms with Crippen LogP contribution >= 0.6 is 12.4 Å².